The standard InChI is InChI=1S/C13H20/c1-5-6-11(3)13-8-7-10(2)9-12(13)4/h7-9,11H,5-6H2,1-4H3. The fraction of sp³-hybridized carbons (Fsp3) is 0.538. The molecule has 0 heterocycles. The summed E-state index contributed by atoms with van der Waals surface area (Å²) in [5, 5.41) is 0. The average Bonchev–Trinajstić information content (AvgIpc) is 2.04. The Labute approximate surface area is 82.0 Å². The molecule has 0 saturated carbocycles. The third-order valence-electron chi connectivity index (χ3n) is 2.68. The van der Waals surface area contributed by atoms with Gasteiger partial charge in [-0.25, -0.2) is 0 Å². The van der Waals surface area contributed by atoms with Gasteiger partial charge >= 0.3 is 0 Å². The van der Waals surface area contributed by atoms with Gasteiger partial charge in [0.1, 0.15) is 0 Å². The van der Waals surface area contributed by atoms with Gasteiger partial charge in [0.15, 0.2) is 0 Å². The number of aryl methyl sites for hydroxylation is 2. The fourth-order valence-corrected chi connectivity index (χ4v) is 1.97. The molecule has 0 saturated heterocycles. The van der Waals surface area contributed by atoms with Gasteiger partial charge in [0.05, 0.1) is 0 Å². The van der Waals surface area contributed by atoms with E-state index in [0.29, 0.717) is 5.92 Å². The van der Waals surface area contributed by atoms with Gasteiger partial charge in [0, 0.05) is 0 Å². The highest BCUT2D eigenvalue weighted by Crippen LogP contribution is 2.24. The number of benzene rings is 1. The van der Waals surface area contributed by atoms with Crippen molar-refractivity contribution in [2.24, 2.45) is 0 Å². The van der Waals surface area contributed by atoms with Crippen molar-refractivity contribution in [1.82, 2.24) is 0 Å². The van der Waals surface area contributed by atoms with E-state index < -0.39 is 0 Å². The van der Waals surface area contributed by atoms with Crippen molar-refractivity contribution in [2.75, 3.05) is 0 Å². The molecule has 0 bridgehead atoms. The van der Waals surface area contributed by atoms with Crippen LogP contribution in [0.3, 0.4) is 0 Å². The van der Waals surface area contributed by atoms with E-state index in [2.05, 4.69) is 45.9 Å². The van der Waals surface area contributed by atoms with Gasteiger partial charge in [-0.3, -0.25) is 0 Å². The summed E-state index contributed by atoms with van der Waals surface area (Å²) in [6.45, 7) is 8.94. The molecule has 1 aromatic carbocycles. The van der Waals surface area contributed by atoms with Gasteiger partial charge < -0.3 is 0 Å². The summed E-state index contributed by atoms with van der Waals surface area (Å²) < 4.78 is 0. The highest BCUT2D eigenvalue weighted by Gasteiger charge is 2.06. The summed E-state index contributed by atoms with van der Waals surface area (Å²) in [6, 6.07) is 6.78. The smallest absolute Gasteiger partial charge is 0.0188 e. The minimum Gasteiger partial charge on any atom is -0.0654 e. The Hall–Kier alpha value is -0.780. The van der Waals surface area contributed by atoms with E-state index in [-0.39, 0.29) is 0 Å². The maximum atomic E-state index is 2.32. The van der Waals surface area contributed by atoms with Crippen molar-refractivity contribution < 1.29 is 0 Å². The minimum absolute atomic E-state index is 0.714. The van der Waals surface area contributed by atoms with Crippen molar-refractivity contribution >= 4 is 0 Å². The van der Waals surface area contributed by atoms with Crippen LogP contribution in [-0.2, 0) is 0 Å². The van der Waals surface area contributed by atoms with Crippen LogP contribution in [0.5, 0.6) is 0 Å². The Kier molecular flexibility index (Phi) is 3.53. The first-order valence-electron chi connectivity index (χ1n) is 5.22. The molecule has 0 nitrogen and oxygen atoms in total. The molecule has 0 heteroatoms. The Morgan fingerprint density at radius 2 is 1.92 bits per heavy atom. The van der Waals surface area contributed by atoms with E-state index in [4.69, 9.17) is 0 Å². The normalized spacial score (nSPS) is 12.9. The summed E-state index contributed by atoms with van der Waals surface area (Å²) in [5.74, 6) is 0.714. The second kappa shape index (κ2) is 4.45. The van der Waals surface area contributed by atoms with E-state index in [0.717, 1.165) is 0 Å². The Bertz CT molecular complexity index is 273. The van der Waals surface area contributed by atoms with Gasteiger partial charge in [-0.1, -0.05) is 44.0 Å². The van der Waals surface area contributed by atoms with Crippen molar-refractivity contribution in [2.45, 2.75) is 46.5 Å². The van der Waals surface area contributed by atoms with Crippen LogP contribution in [0.1, 0.15) is 49.3 Å². The van der Waals surface area contributed by atoms with Crippen LogP contribution in [0.25, 0.3) is 0 Å². The van der Waals surface area contributed by atoms with Gasteiger partial charge in [0.25, 0.3) is 0 Å². The quantitative estimate of drug-likeness (QED) is 0.647. The lowest BCUT2D eigenvalue weighted by atomic mass is 9.92. The molecule has 0 aliphatic rings. The number of hydrogen-bond acceptors (Lipinski definition) is 0. The SMILES string of the molecule is CCCC(C)c1ccc(C)cc1C. The highest BCUT2D eigenvalue weighted by atomic mass is 14.1. The Morgan fingerprint density at radius 1 is 1.23 bits per heavy atom. The maximum Gasteiger partial charge on any atom is -0.0188 e. The summed E-state index contributed by atoms with van der Waals surface area (Å²) in [5.41, 5.74) is 4.33. The predicted octanol–water partition coefficient (Wildman–Crippen LogP) is 4.21. The fourth-order valence-electron chi connectivity index (χ4n) is 1.97. The van der Waals surface area contributed by atoms with E-state index in [1.54, 1.807) is 0 Å². The zero-order chi connectivity index (χ0) is 9.84. The van der Waals surface area contributed by atoms with Gasteiger partial charge in [0.2, 0.25) is 0 Å². The van der Waals surface area contributed by atoms with Crippen molar-refractivity contribution in [3.8, 4) is 0 Å². The lowest BCUT2D eigenvalue weighted by molar-refractivity contribution is 0.661. The zero-order valence-corrected chi connectivity index (χ0v) is 9.22. The molecule has 13 heavy (non-hydrogen) atoms. The number of hydrogen-bond donors (Lipinski definition) is 0. The minimum atomic E-state index is 0.714. The molecule has 72 valence electrons. The topological polar surface area (TPSA) is 0 Å². The molecule has 1 unspecified atom stereocenters. The largest absolute Gasteiger partial charge is 0.0654 e. The maximum absolute atomic E-state index is 2.32. The molecule has 0 fully saturated rings. The second-order valence-corrected chi connectivity index (χ2v) is 4.05. The highest BCUT2D eigenvalue weighted by molar-refractivity contribution is 5.32. The third-order valence-corrected chi connectivity index (χ3v) is 2.68. The third kappa shape index (κ3) is 2.58. The first kappa shape index (κ1) is 10.3. The van der Waals surface area contributed by atoms with Gasteiger partial charge in [-0.15, -0.1) is 0 Å². The molecule has 1 atom stereocenters. The van der Waals surface area contributed by atoms with Crippen LogP contribution in [0, 0.1) is 13.8 Å². The molecular formula is C13H20. The van der Waals surface area contributed by atoms with Crippen molar-refractivity contribution in [3.05, 3.63) is 34.9 Å². The molecule has 0 amide bonds. The monoisotopic (exact) mass is 176 g/mol. The summed E-state index contributed by atoms with van der Waals surface area (Å²) in [6.07, 6.45) is 2.57. The summed E-state index contributed by atoms with van der Waals surface area (Å²) >= 11 is 0. The molecule has 0 aliphatic carbocycles. The van der Waals surface area contributed by atoms with E-state index >= 15 is 0 Å². The predicted molar refractivity (Wildman–Crippen MR) is 59.2 cm³/mol. The number of rotatable bonds is 3. The van der Waals surface area contributed by atoms with Crippen LogP contribution in [0.15, 0.2) is 18.2 Å². The Morgan fingerprint density at radius 3 is 2.46 bits per heavy atom. The van der Waals surface area contributed by atoms with Crippen LogP contribution >= 0.6 is 0 Å². The second-order valence-electron chi connectivity index (χ2n) is 4.05. The molecule has 1 aromatic rings. The first-order valence-corrected chi connectivity index (χ1v) is 5.22. The van der Waals surface area contributed by atoms with Gasteiger partial charge in [-0.05, 0) is 37.3 Å². The molecule has 0 radical (unpaired) electrons. The zero-order valence-electron chi connectivity index (χ0n) is 9.22. The molecule has 0 N–H and O–H groups in total. The molecule has 0 aromatic heterocycles. The Balaban J connectivity index is 2.88. The molecule has 1 rings (SSSR count). The first-order chi connectivity index (χ1) is 6.15. The lowest BCUT2D eigenvalue weighted by Gasteiger charge is -2.13. The average molecular weight is 176 g/mol. The van der Waals surface area contributed by atoms with Crippen LogP contribution in [0.4, 0.5) is 0 Å². The van der Waals surface area contributed by atoms with E-state index in [1.807, 2.05) is 0 Å². The van der Waals surface area contributed by atoms with E-state index in [9.17, 15) is 0 Å². The van der Waals surface area contributed by atoms with Crippen molar-refractivity contribution in [3.63, 3.8) is 0 Å². The molecule has 0 spiro atoms. The molecule has 0 aliphatic heterocycles. The summed E-state index contributed by atoms with van der Waals surface area (Å²) in [4.78, 5) is 0. The van der Waals surface area contributed by atoms with Crippen LogP contribution < -0.4 is 0 Å². The van der Waals surface area contributed by atoms with E-state index in [1.165, 1.54) is 29.5 Å². The van der Waals surface area contributed by atoms with Crippen LogP contribution in [0.2, 0.25) is 0 Å². The summed E-state index contributed by atoms with van der Waals surface area (Å²) in [7, 11) is 0. The van der Waals surface area contributed by atoms with Crippen LogP contribution in [-0.4, -0.2) is 0 Å². The lowest BCUT2D eigenvalue weighted by Crippen LogP contribution is -1.96. The van der Waals surface area contributed by atoms with Gasteiger partial charge in [-0.2, -0.15) is 0 Å². The molecular weight excluding hydrogens is 156 g/mol. The van der Waals surface area contributed by atoms with Crippen molar-refractivity contribution in [1.29, 1.82) is 0 Å².